The van der Waals surface area contributed by atoms with Gasteiger partial charge in [0.05, 0.1) is 0 Å². The second-order valence-corrected chi connectivity index (χ2v) is 6.24. The molecule has 0 radical (unpaired) electrons. The number of benzene rings is 2. The molecule has 0 saturated heterocycles. The van der Waals surface area contributed by atoms with E-state index in [0.717, 1.165) is 23.4 Å². The van der Waals surface area contributed by atoms with Crippen LogP contribution in [0.25, 0.3) is 11.6 Å². The van der Waals surface area contributed by atoms with E-state index < -0.39 is 0 Å². The van der Waals surface area contributed by atoms with Gasteiger partial charge in [0, 0.05) is 23.0 Å². The summed E-state index contributed by atoms with van der Waals surface area (Å²) >= 11 is 6.15. The molecule has 0 amide bonds. The quantitative estimate of drug-likeness (QED) is 0.583. The second kappa shape index (κ2) is 6.02. The molecule has 1 heterocycles. The predicted octanol–water partition coefficient (Wildman–Crippen LogP) is 5.42. The summed E-state index contributed by atoms with van der Waals surface area (Å²) in [5, 5.41) is 0.757. The summed E-state index contributed by atoms with van der Waals surface area (Å²) < 4.78 is 0. The minimum Gasteiger partial charge on any atom is -0.264 e. The highest BCUT2D eigenvalue weighted by molar-refractivity contribution is 6.30. The van der Waals surface area contributed by atoms with Gasteiger partial charge >= 0.3 is 0 Å². The van der Waals surface area contributed by atoms with Gasteiger partial charge in [-0.25, -0.2) is 0 Å². The molecule has 23 heavy (non-hydrogen) atoms. The van der Waals surface area contributed by atoms with E-state index in [-0.39, 0.29) is 0 Å². The highest BCUT2D eigenvalue weighted by Gasteiger charge is 2.17. The molecule has 4 rings (SSSR count). The summed E-state index contributed by atoms with van der Waals surface area (Å²) in [5.74, 6) is 0. The lowest BCUT2D eigenvalue weighted by molar-refractivity contribution is 0.960. The van der Waals surface area contributed by atoms with Crippen molar-refractivity contribution in [1.29, 1.82) is 0 Å². The van der Waals surface area contributed by atoms with Crippen LogP contribution in [-0.4, -0.2) is 4.98 Å². The smallest absolute Gasteiger partial charge is 0.0411 e. The van der Waals surface area contributed by atoms with Crippen LogP contribution in [0.5, 0.6) is 0 Å². The van der Waals surface area contributed by atoms with E-state index in [9.17, 15) is 0 Å². The van der Waals surface area contributed by atoms with Gasteiger partial charge in [-0.1, -0.05) is 48.0 Å². The molecule has 0 bridgehead atoms. The molecule has 0 fully saturated rings. The first-order valence-electron chi connectivity index (χ1n) is 7.80. The van der Waals surface area contributed by atoms with Crippen molar-refractivity contribution in [2.45, 2.75) is 12.8 Å². The number of aromatic nitrogens is 1. The van der Waals surface area contributed by atoms with Crippen LogP contribution in [0.1, 0.15) is 27.8 Å². The first-order valence-corrected chi connectivity index (χ1v) is 8.18. The fourth-order valence-electron chi connectivity index (χ4n) is 3.22. The fraction of sp³-hybridized carbons (Fsp3) is 0.0952. The summed E-state index contributed by atoms with van der Waals surface area (Å²) in [6, 6.07) is 18.7. The summed E-state index contributed by atoms with van der Waals surface area (Å²) in [6.07, 6.45) is 8.18. The first-order chi connectivity index (χ1) is 11.3. The van der Waals surface area contributed by atoms with Gasteiger partial charge in [-0.15, -0.1) is 0 Å². The van der Waals surface area contributed by atoms with Crippen molar-refractivity contribution in [2.75, 3.05) is 0 Å². The maximum absolute atomic E-state index is 6.15. The number of pyridine rings is 1. The first kappa shape index (κ1) is 14.2. The third kappa shape index (κ3) is 2.80. The van der Waals surface area contributed by atoms with Gasteiger partial charge in [0.25, 0.3) is 0 Å². The lowest BCUT2D eigenvalue weighted by atomic mass is 9.93. The van der Waals surface area contributed by atoms with Crippen molar-refractivity contribution < 1.29 is 0 Å². The molecule has 0 atom stereocenters. The highest BCUT2D eigenvalue weighted by atomic mass is 35.5. The van der Waals surface area contributed by atoms with Crippen LogP contribution < -0.4 is 0 Å². The number of aryl methyl sites for hydroxylation is 2. The van der Waals surface area contributed by atoms with Gasteiger partial charge in [0.2, 0.25) is 0 Å². The largest absolute Gasteiger partial charge is 0.264 e. The molecule has 1 aromatic heterocycles. The maximum Gasteiger partial charge on any atom is 0.0411 e. The molecule has 2 heteroatoms. The van der Waals surface area contributed by atoms with Crippen molar-refractivity contribution >= 4 is 23.3 Å². The van der Waals surface area contributed by atoms with Crippen LogP contribution in [0.3, 0.4) is 0 Å². The van der Waals surface area contributed by atoms with Crippen molar-refractivity contribution in [2.24, 2.45) is 0 Å². The summed E-state index contributed by atoms with van der Waals surface area (Å²) in [6.45, 7) is 0. The summed E-state index contributed by atoms with van der Waals surface area (Å²) in [7, 11) is 0. The Morgan fingerprint density at radius 3 is 2.57 bits per heavy atom. The number of halogens is 1. The lowest BCUT2D eigenvalue weighted by Gasteiger charge is -2.11. The molecule has 0 saturated carbocycles. The maximum atomic E-state index is 6.15. The van der Waals surface area contributed by atoms with Gasteiger partial charge in [-0.05, 0) is 64.9 Å². The Kier molecular flexibility index (Phi) is 3.72. The molecule has 0 unspecified atom stereocenters. The molecule has 0 N–H and O–H groups in total. The predicted molar refractivity (Wildman–Crippen MR) is 96.5 cm³/mol. The molecule has 112 valence electrons. The Morgan fingerprint density at radius 1 is 0.870 bits per heavy atom. The molecule has 0 spiro atoms. The monoisotopic (exact) mass is 317 g/mol. The van der Waals surface area contributed by atoms with Crippen LogP contribution in [0, 0.1) is 0 Å². The molecule has 1 nitrogen and oxygen atoms in total. The molecule has 1 aliphatic carbocycles. The zero-order valence-corrected chi connectivity index (χ0v) is 13.4. The van der Waals surface area contributed by atoms with Crippen LogP contribution in [-0.2, 0) is 12.8 Å². The van der Waals surface area contributed by atoms with Gasteiger partial charge in [-0.3, -0.25) is 4.98 Å². The van der Waals surface area contributed by atoms with Crippen molar-refractivity contribution in [3.05, 3.63) is 99.8 Å². The van der Waals surface area contributed by atoms with Gasteiger partial charge < -0.3 is 0 Å². The van der Waals surface area contributed by atoms with Gasteiger partial charge in [-0.2, -0.15) is 0 Å². The number of rotatable bonds is 1. The van der Waals surface area contributed by atoms with Gasteiger partial charge in [0.15, 0.2) is 0 Å². The molecule has 1 aliphatic rings. The van der Waals surface area contributed by atoms with E-state index in [4.69, 9.17) is 11.6 Å². The van der Waals surface area contributed by atoms with Crippen molar-refractivity contribution in [1.82, 2.24) is 4.98 Å². The number of hydrogen-bond acceptors (Lipinski definition) is 1. The van der Waals surface area contributed by atoms with Crippen LogP contribution >= 0.6 is 11.6 Å². The Hall–Kier alpha value is -2.38. The highest BCUT2D eigenvalue weighted by Crippen LogP contribution is 2.34. The summed E-state index contributed by atoms with van der Waals surface area (Å²) in [4.78, 5) is 4.36. The van der Waals surface area contributed by atoms with Crippen LogP contribution in [0.4, 0.5) is 0 Å². The van der Waals surface area contributed by atoms with E-state index >= 15 is 0 Å². The zero-order valence-electron chi connectivity index (χ0n) is 12.7. The molecule has 3 aromatic rings. The van der Waals surface area contributed by atoms with Crippen LogP contribution in [0.15, 0.2) is 67.0 Å². The number of fused-ring (bicyclic) bond motifs is 2. The average molecular weight is 318 g/mol. The van der Waals surface area contributed by atoms with E-state index in [0.29, 0.717) is 0 Å². The standard InChI is InChI=1S/C21H16ClN/c22-18-6-3-4-15(12-18)13-20-19-7-2-1-5-16(19)8-9-17-10-11-23-14-21(17)20/h1-7,10-14H,8-9H2/b20-13-. The minimum absolute atomic E-state index is 0.757. The van der Waals surface area contributed by atoms with E-state index in [1.165, 1.54) is 27.8 Å². The second-order valence-electron chi connectivity index (χ2n) is 5.80. The molecular formula is C21H16ClN. The van der Waals surface area contributed by atoms with Crippen molar-refractivity contribution in [3.63, 3.8) is 0 Å². The van der Waals surface area contributed by atoms with E-state index in [2.05, 4.69) is 47.5 Å². The number of nitrogens with zero attached hydrogens (tertiary/aromatic N) is 1. The molecular weight excluding hydrogens is 302 g/mol. The average Bonchev–Trinajstić information content (AvgIpc) is 2.73. The van der Waals surface area contributed by atoms with Gasteiger partial charge in [0.1, 0.15) is 0 Å². The van der Waals surface area contributed by atoms with E-state index in [1.807, 2.05) is 30.6 Å². The SMILES string of the molecule is Clc1cccc(/C=C2/c3ccccc3CCc3ccncc32)c1. The normalized spacial score (nSPS) is 14.9. The topological polar surface area (TPSA) is 12.9 Å². The fourth-order valence-corrected chi connectivity index (χ4v) is 3.42. The summed E-state index contributed by atoms with van der Waals surface area (Å²) in [5.41, 5.74) is 7.58. The Bertz CT molecular complexity index is 846. The minimum atomic E-state index is 0.757. The Balaban J connectivity index is 1.97. The van der Waals surface area contributed by atoms with E-state index in [1.54, 1.807) is 0 Å². The third-order valence-electron chi connectivity index (χ3n) is 4.33. The Labute approximate surface area is 141 Å². The molecule has 0 aliphatic heterocycles. The lowest BCUT2D eigenvalue weighted by Crippen LogP contribution is -1.93. The molecule has 2 aromatic carbocycles. The number of hydrogen-bond donors (Lipinski definition) is 0. The van der Waals surface area contributed by atoms with Crippen LogP contribution in [0.2, 0.25) is 5.02 Å². The zero-order chi connectivity index (χ0) is 15.6. The third-order valence-corrected chi connectivity index (χ3v) is 4.57. The Morgan fingerprint density at radius 2 is 1.70 bits per heavy atom. The van der Waals surface area contributed by atoms with Crippen molar-refractivity contribution in [3.8, 4) is 0 Å².